The zero-order chi connectivity index (χ0) is 41.2. The van der Waals surface area contributed by atoms with E-state index in [1.165, 1.54) is 20.2 Å². The number of likely N-dealkylation sites (tertiary alicyclic amines) is 1. The fraction of sp³-hybridized carbons (Fsp3) is 0.395. The number of ether oxygens (including phenoxy) is 3. The molecule has 0 aliphatic carbocycles. The normalized spacial score (nSPS) is 14.5. The van der Waals surface area contributed by atoms with Gasteiger partial charge in [0.05, 0.1) is 26.7 Å². The molecule has 0 radical (unpaired) electrons. The third kappa shape index (κ3) is 11.7. The van der Waals surface area contributed by atoms with Gasteiger partial charge < -0.3 is 39.6 Å². The molecule has 4 amide bonds. The lowest BCUT2D eigenvalue weighted by Crippen LogP contribution is -2.59. The summed E-state index contributed by atoms with van der Waals surface area (Å²) in [5.41, 5.74) is -0.0380. The van der Waals surface area contributed by atoms with Crippen molar-refractivity contribution < 1.29 is 38.2 Å². The number of imidazole rings is 1. The largest absolute Gasteiger partial charge is 0.497 e. The van der Waals surface area contributed by atoms with Crippen molar-refractivity contribution >= 4 is 35.4 Å². The maximum atomic E-state index is 14.2. The van der Waals surface area contributed by atoms with Crippen LogP contribution < -0.4 is 20.7 Å². The van der Waals surface area contributed by atoms with Crippen LogP contribution in [0.3, 0.4) is 0 Å². The quantitative estimate of drug-likeness (QED) is 0.131. The highest BCUT2D eigenvalue weighted by Gasteiger charge is 2.36. The zero-order valence-corrected chi connectivity index (χ0v) is 33.3. The van der Waals surface area contributed by atoms with Crippen LogP contribution in [0.4, 0.5) is 10.6 Å². The summed E-state index contributed by atoms with van der Waals surface area (Å²) in [7, 11) is 1.58. The first-order chi connectivity index (χ1) is 27.1. The molecule has 14 heteroatoms. The number of nitrogens with zero attached hydrogens (tertiary/aromatic N) is 3. The Bertz CT molecular complexity index is 1980. The molecule has 1 aromatic heterocycles. The molecule has 3 aromatic carbocycles. The van der Waals surface area contributed by atoms with Gasteiger partial charge in [0.15, 0.2) is 11.6 Å². The summed E-state index contributed by atoms with van der Waals surface area (Å²) in [6, 6.07) is 23.7. The Labute approximate surface area is 333 Å². The lowest BCUT2D eigenvalue weighted by atomic mass is 9.88. The molecule has 1 fully saturated rings. The minimum absolute atomic E-state index is 0.0437. The molecule has 4 aromatic rings. The van der Waals surface area contributed by atoms with E-state index in [1.807, 2.05) is 60.7 Å². The predicted octanol–water partition coefficient (Wildman–Crippen LogP) is 5.55. The number of benzene rings is 3. The SMILES string of the molecule is COc1ccc(C(=O)C2CCN(C(=O)C(c3ccccc3)n3cnc(NC(=O)C(COCc4ccccc4)NC(=O)C(C)(C)NC(=O)OC(C)(C)C)c3)CC2)cc1. The first-order valence-corrected chi connectivity index (χ1v) is 18.9. The van der Waals surface area contributed by atoms with Crippen LogP contribution in [0.15, 0.2) is 97.5 Å². The molecule has 0 spiro atoms. The van der Waals surface area contributed by atoms with Crippen LogP contribution in [0.5, 0.6) is 5.75 Å². The Morgan fingerprint density at radius 3 is 2.11 bits per heavy atom. The average molecular weight is 781 g/mol. The maximum absolute atomic E-state index is 14.2. The fourth-order valence-corrected chi connectivity index (χ4v) is 6.37. The highest BCUT2D eigenvalue weighted by Crippen LogP contribution is 2.28. The molecule has 1 saturated heterocycles. The predicted molar refractivity (Wildman–Crippen MR) is 214 cm³/mol. The van der Waals surface area contributed by atoms with Crippen LogP contribution in [0.25, 0.3) is 0 Å². The van der Waals surface area contributed by atoms with Crippen LogP contribution in [0.1, 0.15) is 75.0 Å². The van der Waals surface area contributed by atoms with Gasteiger partial charge in [-0.3, -0.25) is 19.2 Å². The number of amides is 4. The maximum Gasteiger partial charge on any atom is 0.408 e. The van der Waals surface area contributed by atoms with Crippen LogP contribution in [0, 0.1) is 5.92 Å². The third-order valence-electron chi connectivity index (χ3n) is 9.45. The van der Waals surface area contributed by atoms with Crippen molar-refractivity contribution in [2.45, 2.75) is 77.3 Å². The van der Waals surface area contributed by atoms with Crippen molar-refractivity contribution in [2.75, 3.05) is 32.1 Å². The van der Waals surface area contributed by atoms with E-state index in [-0.39, 0.29) is 36.6 Å². The van der Waals surface area contributed by atoms with E-state index >= 15 is 0 Å². The number of alkyl carbamates (subject to hydrolysis) is 1. The Balaban J connectivity index is 1.28. The number of nitrogens with one attached hydrogen (secondary N) is 3. The van der Waals surface area contributed by atoms with Crippen molar-refractivity contribution in [1.82, 2.24) is 25.1 Å². The van der Waals surface area contributed by atoms with Crippen LogP contribution in [-0.2, 0) is 30.5 Å². The summed E-state index contributed by atoms with van der Waals surface area (Å²) in [5.74, 6) is -0.794. The van der Waals surface area contributed by atoms with Gasteiger partial charge in [0, 0.05) is 30.8 Å². The molecule has 57 heavy (non-hydrogen) atoms. The average Bonchev–Trinajstić information content (AvgIpc) is 3.64. The summed E-state index contributed by atoms with van der Waals surface area (Å²) in [4.78, 5) is 73.5. The molecule has 0 bridgehead atoms. The number of hydrogen-bond acceptors (Lipinski definition) is 9. The lowest BCUT2D eigenvalue weighted by molar-refractivity contribution is -0.134. The first kappa shape index (κ1) is 42.1. The molecule has 2 unspecified atom stereocenters. The Morgan fingerprint density at radius 2 is 1.49 bits per heavy atom. The molecular formula is C43H52N6O8. The third-order valence-corrected chi connectivity index (χ3v) is 9.45. The number of methoxy groups -OCH3 is 1. The fourth-order valence-electron chi connectivity index (χ4n) is 6.37. The second kappa shape index (κ2) is 18.7. The Morgan fingerprint density at radius 1 is 0.860 bits per heavy atom. The van der Waals surface area contributed by atoms with Gasteiger partial charge in [-0.05, 0) is 82.9 Å². The second-order valence-electron chi connectivity index (χ2n) is 15.5. The number of Topliss-reactive ketones (excluding diaryl/α,β-unsaturated/α-hetero) is 1. The van der Waals surface area contributed by atoms with Crippen molar-refractivity contribution in [1.29, 1.82) is 0 Å². The van der Waals surface area contributed by atoms with Gasteiger partial charge in [-0.25, -0.2) is 9.78 Å². The zero-order valence-electron chi connectivity index (χ0n) is 33.3. The van der Waals surface area contributed by atoms with Crippen molar-refractivity contribution in [3.8, 4) is 5.75 Å². The minimum atomic E-state index is -1.46. The summed E-state index contributed by atoms with van der Waals surface area (Å²) in [6.07, 6.45) is 3.28. The van der Waals surface area contributed by atoms with E-state index in [1.54, 1.807) is 67.8 Å². The highest BCUT2D eigenvalue weighted by atomic mass is 16.6. The molecular weight excluding hydrogens is 729 g/mol. The summed E-state index contributed by atoms with van der Waals surface area (Å²) >= 11 is 0. The number of ketones is 1. The van der Waals surface area contributed by atoms with E-state index in [9.17, 15) is 24.0 Å². The van der Waals surface area contributed by atoms with Crippen molar-refractivity contribution in [2.24, 2.45) is 5.92 Å². The molecule has 3 N–H and O–H groups in total. The van der Waals surface area contributed by atoms with Crippen LogP contribution >= 0.6 is 0 Å². The molecule has 1 aliphatic rings. The lowest BCUT2D eigenvalue weighted by Gasteiger charge is -2.34. The van der Waals surface area contributed by atoms with Gasteiger partial charge in [-0.2, -0.15) is 0 Å². The minimum Gasteiger partial charge on any atom is -0.497 e. The summed E-state index contributed by atoms with van der Waals surface area (Å²) < 4.78 is 18.0. The van der Waals surface area contributed by atoms with Crippen molar-refractivity contribution in [3.63, 3.8) is 0 Å². The number of piperidine rings is 1. The number of carbonyl (C=O) groups is 5. The Kier molecular flexibility index (Phi) is 13.9. The molecule has 14 nitrogen and oxygen atoms in total. The van der Waals surface area contributed by atoms with Gasteiger partial charge in [0.25, 0.3) is 5.91 Å². The molecule has 2 heterocycles. The summed E-state index contributed by atoms with van der Waals surface area (Å²) in [6.45, 7) is 8.90. The second-order valence-corrected chi connectivity index (χ2v) is 15.5. The topological polar surface area (TPSA) is 170 Å². The van der Waals surface area contributed by atoms with Gasteiger partial charge in [-0.15, -0.1) is 0 Å². The van der Waals surface area contributed by atoms with E-state index in [2.05, 4.69) is 20.9 Å². The van der Waals surface area contributed by atoms with Gasteiger partial charge >= 0.3 is 6.09 Å². The van der Waals surface area contributed by atoms with E-state index in [0.717, 1.165) is 5.56 Å². The Hall–Kier alpha value is -6.02. The van der Waals surface area contributed by atoms with E-state index in [0.29, 0.717) is 42.8 Å². The number of carbonyl (C=O) groups excluding carboxylic acids is 5. The number of anilines is 1. The summed E-state index contributed by atoms with van der Waals surface area (Å²) in [5, 5.41) is 8.02. The monoisotopic (exact) mass is 780 g/mol. The van der Waals surface area contributed by atoms with Crippen molar-refractivity contribution in [3.05, 3.63) is 114 Å². The van der Waals surface area contributed by atoms with Gasteiger partial charge in [-0.1, -0.05) is 60.7 Å². The van der Waals surface area contributed by atoms with Crippen LogP contribution in [0.2, 0.25) is 0 Å². The first-order valence-electron chi connectivity index (χ1n) is 18.9. The molecule has 2 atom stereocenters. The van der Waals surface area contributed by atoms with E-state index in [4.69, 9.17) is 14.2 Å². The number of rotatable bonds is 15. The number of aromatic nitrogens is 2. The number of hydrogen-bond donors (Lipinski definition) is 3. The molecule has 1 aliphatic heterocycles. The smallest absolute Gasteiger partial charge is 0.408 e. The highest BCUT2D eigenvalue weighted by molar-refractivity contribution is 5.99. The molecule has 0 saturated carbocycles. The standard InChI is InChI=1S/C43H52N6O8/c1-42(2,3)57-41(54)47-43(4,5)40(53)45-34(27-56-26-29-13-9-7-10-14-29)38(51)46-35-25-49(28-44-35)36(30-15-11-8-12-16-30)39(52)48-23-21-32(22-24-48)37(50)31-17-19-33(55-6)20-18-31/h7-20,25,28,32,34,36H,21-24,26-27H2,1-6H3,(H,45,53)(H,46,51)(H,47,54). The van der Waals surface area contributed by atoms with E-state index < -0.39 is 41.1 Å². The molecule has 302 valence electrons. The van der Waals surface area contributed by atoms with Gasteiger partial charge in [0.1, 0.15) is 29.0 Å². The van der Waals surface area contributed by atoms with Gasteiger partial charge in [0.2, 0.25) is 11.8 Å². The van der Waals surface area contributed by atoms with Crippen LogP contribution in [-0.4, -0.2) is 88.0 Å². The molecule has 5 rings (SSSR count).